The van der Waals surface area contributed by atoms with E-state index >= 15 is 0 Å². The Balaban J connectivity index is 2.87. The van der Waals surface area contributed by atoms with Crippen molar-refractivity contribution in [2.45, 2.75) is 70.6 Å². The second-order valence-corrected chi connectivity index (χ2v) is 8.14. The summed E-state index contributed by atoms with van der Waals surface area (Å²) in [6.07, 6.45) is 2.39. The number of carbonyl (C=O) groups excluding carboxylic acids is 3. The summed E-state index contributed by atoms with van der Waals surface area (Å²) in [4.78, 5) is 66.4. The van der Waals surface area contributed by atoms with Gasteiger partial charge in [0.1, 0.15) is 18.1 Å². The van der Waals surface area contributed by atoms with Gasteiger partial charge in [-0.3, -0.25) is 19.2 Å². The highest BCUT2D eigenvalue weighted by atomic mass is 16.4. The number of aromatic nitrogens is 2. The number of aliphatic carboxylic acids is 2. The van der Waals surface area contributed by atoms with Crippen LogP contribution in [-0.4, -0.2) is 74.0 Å². The third-order valence-corrected chi connectivity index (χ3v) is 4.69. The van der Waals surface area contributed by atoms with Crippen LogP contribution in [0.5, 0.6) is 0 Å². The van der Waals surface area contributed by atoms with E-state index in [-0.39, 0.29) is 18.8 Å². The van der Waals surface area contributed by atoms with Crippen molar-refractivity contribution >= 4 is 29.7 Å². The number of imidazole rings is 1. The molecule has 0 fully saturated rings. The van der Waals surface area contributed by atoms with E-state index in [0.717, 1.165) is 0 Å². The number of carboxylic acids is 2. The molecule has 4 atom stereocenters. The van der Waals surface area contributed by atoms with E-state index < -0.39 is 60.2 Å². The first kappa shape index (κ1) is 27.6. The fraction of sp³-hybridized carbons (Fsp3) is 0.600. The number of nitrogens with two attached hydrogens (primary N) is 1. The molecular formula is C20H32N6O7. The molecule has 8 N–H and O–H groups in total. The minimum absolute atomic E-state index is 0.0453. The second kappa shape index (κ2) is 13.2. The van der Waals surface area contributed by atoms with Crippen molar-refractivity contribution in [2.24, 2.45) is 11.7 Å². The van der Waals surface area contributed by atoms with Gasteiger partial charge < -0.3 is 36.9 Å². The number of carboxylic acid groups (broad SMARTS) is 2. The Morgan fingerprint density at radius 3 is 2.15 bits per heavy atom. The number of hydrogen-bond donors (Lipinski definition) is 7. The number of aromatic amines is 1. The molecular weight excluding hydrogens is 436 g/mol. The number of amides is 3. The third-order valence-electron chi connectivity index (χ3n) is 4.69. The van der Waals surface area contributed by atoms with Crippen LogP contribution in [0.3, 0.4) is 0 Å². The molecule has 184 valence electrons. The summed E-state index contributed by atoms with van der Waals surface area (Å²) in [6, 6.07) is -4.49. The van der Waals surface area contributed by atoms with Crippen LogP contribution in [-0.2, 0) is 30.4 Å². The molecule has 0 radical (unpaired) electrons. The van der Waals surface area contributed by atoms with Gasteiger partial charge in [-0.1, -0.05) is 13.8 Å². The third kappa shape index (κ3) is 10.1. The monoisotopic (exact) mass is 468 g/mol. The molecule has 0 aliphatic rings. The molecule has 0 saturated heterocycles. The van der Waals surface area contributed by atoms with Gasteiger partial charge in [0.2, 0.25) is 17.7 Å². The fourth-order valence-corrected chi connectivity index (χ4v) is 2.92. The lowest BCUT2D eigenvalue weighted by molar-refractivity contribution is -0.143. The Hall–Kier alpha value is -3.48. The predicted octanol–water partition coefficient (Wildman–Crippen LogP) is -1.25. The van der Waals surface area contributed by atoms with Crippen LogP contribution < -0.4 is 21.7 Å². The fourth-order valence-electron chi connectivity index (χ4n) is 2.92. The molecule has 1 aromatic heterocycles. The Labute approximate surface area is 190 Å². The number of H-pyrrole nitrogens is 1. The topological polar surface area (TPSA) is 217 Å². The number of rotatable bonds is 14. The van der Waals surface area contributed by atoms with Crippen LogP contribution >= 0.6 is 0 Å². The lowest BCUT2D eigenvalue weighted by atomic mass is 10.0. The molecule has 0 aliphatic heterocycles. The highest BCUT2D eigenvalue weighted by molar-refractivity contribution is 5.94. The first-order valence-electron chi connectivity index (χ1n) is 10.5. The van der Waals surface area contributed by atoms with E-state index in [4.69, 9.17) is 10.8 Å². The lowest BCUT2D eigenvalue weighted by Gasteiger charge is -2.23. The number of carbonyl (C=O) groups is 5. The zero-order chi connectivity index (χ0) is 25.1. The van der Waals surface area contributed by atoms with Crippen LogP contribution in [0.2, 0.25) is 0 Å². The van der Waals surface area contributed by atoms with Crippen molar-refractivity contribution in [3.63, 3.8) is 0 Å². The van der Waals surface area contributed by atoms with Crippen LogP contribution in [0.15, 0.2) is 12.5 Å². The Morgan fingerprint density at radius 2 is 1.64 bits per heavy atom. The number of nitrogens with one attached hydrogen (secondary N) is 4. The first-order chi connectivity index (χ1) is 15.4. The van der Waals surface area contributed by atoms with Gasteiger partial charge in [0.25, 0.3) is 0 Å². The molecule has 13 nitrogen and oxygen atoms in total. The van der Waals surface area contributed by atoms with E-state index in [1.54, 1.807) is 0 Å². The van der Waals surface area contributed by atoms with Crippen molar-refractivity contribution in [1.29, 1.82) is 0 Å². The standard InChI is InChI=1S/C20H32N6O7/c1-10(2)6-13(21)18(30)24-11(3)17(29)26-15(7-12-8-22-9-23-12)19(31)25-14(20(32)33)4-5-16(27)28/h8-11,13-15H,4-7,21H2,1-3H3,(H,22,23)(H,24,30)(H,25,31)(H,26,29)(H,27,28)(H,32,33). The van der Waals surface area contributed by atoms with Gasteiger partial charge >= 0.3 is 11.9 Å². The molecule has 1 aromatic rings. The van der Waals surface area contributed by atoms with Crippen LogP contribution in [0.4, 0.5) is 0 Å². The molecule has 4 unspecified atom stereocenters. The zero-order valence-corrected chi connectivity index (χ0v) is 18.8. The van der Waals surface area contributed by atoms with E-state index in [9.17, 15) is 29.1 Å². The Kier molecular flexibility index (Phi) is 11.0. The van der Waals surface area contributed by atoms with Gasteiger partial charge in [0, 0.05) is 24.7 Å². The second-order valence-electron chi connectivity index (χ2n) is 8.14. The van der Waals surface area contributed by atoms with Gasteiger partial charge in [0.15, 0.2) is 0 Å². The zero-order valence-electron chi connectivity index (χ0n) is 18.8. The van der Waals surface area contributed by atoms with Crippen LogP contribution in [0.1, 0.15) is 45.7 Å². The lowest BCUT2D eigenvalue weighted by Crippen LogP contribution is -2.57. The van der Waals surface area contributed by atoms with Crippen molar-refractivity contribution in [1.82, 2.24) is 25.9 Å². The molecule has 0 aliphatic carbocycles. The quantitative estimate of drug-likeness (QED) is 0.173. The minimum Gasteiger partial charge on any atom is -0.481 e. The summed E-state index contributed by atoms with van der Waals surface area (Å²) in [7, 11) is 0. The maximum atomic E-state index is 12.8. The summed E-state index contributed by atoms with van der Waals surface area (Å²) >= 11 is 0. The minimum atomic E-state index is -1.46. The van der Waals surface area contributed by atoms with Gasteiger partial charge in [-0.2, -0.15) is 0 Å². The molecule has 1 heterocycles. The highest BCUT2D eigenvalue weighted by Crippen LogP contribution is 2.05. The molecule has 1 rings (SSSR count). The number of nitrogens with zero attached hydrogens (tertiary/aromatic N) is 1. The Bertz CT molecular complexity index is 827. The van der Waals surface area contributed by atoms with Gasteiger partial charge in [-0.25, -0.2) is 9.78 Å². The highest BCUT2D eigenvalue weighted by Gasteiger charge is 2.29. The summed E-state index contributed by atoms with van der Waals surface area (Å²) in [5, 5.41) is 25.3. The maximum Gasteiger partial charge on any atom is 0.326 e. The molecule has 0 saturated carbocycles. The average Bonchev–Trinajstić information content (AvgIpc) is 3.22. The summed E-state index contributed by atoms with van der Waals surface area (Å²) in [5.74, 6) is -4.46. The summed E-state index contributed by atoms with van der Waals surface area (Å²) in [6.45, 7) is 5.24. The van der Waals surface area contributed by atoms with Crippen molar-refractivity contribution in [3.8, 4) is 0 Å². The van der Waals surface area contributed by atoms with Crippen molar-refractivity contribution in [2.75, 3.05) is 0 Å². The maximum absolute atomic E-state index is 12.8. The van der Waals surface area contributed by atoms with E-state index in [1.165, 1.54) is 19.4 Å². The normalized spacial score (nSPS) is 14.6. The SMILES string of the molecule is CC(C)CC(N)C(=O)NC(C)C(=O)NC(Cc1cnc[nH]1)C(=O)NC(CCC(=O)O)C(=O)O. The predicted molar refractivity (Wildman–Crippen MR) is 116 cm³/mol. The van der Waals surface area contributed by atoms with Crippen molar-refractivity contribution in [3.05, 3.63) is 18.2 Å². The van der Waals surface area contributed by atoms with E-state index in [2.05, 4.69) is 25.9 Å². The molecule has 0 spiro atoms. The largest absolute Gasteiger partial charge is 0.481 e. The molecule has 0 bridgehead atoms. The Morgan fingerprint density at radius 1 is 1.00 bits per heavy atom. The smallest absolute Gasteiger partial charge is 0.326 e. The van der Waals surface area contributed by atoms with Crippen LogP contribution in [0.25, 0.3) is 0 Å². The molecule has 13 heteroatoms. The van der Waals surface area contributed by atoms with Gasteiger partial charge in [-0.15, -0.1) is 0 Å². The first-order valence-corrected chi connectivity index (χ1v) is 10.5. The van der Waals surface area contributed by atoms with Crippen LogP contribution in [0, 0.1) is 5.92 Å². The molecule has 3 amide bonds. The summed E-state index contributed by atoms with van der Waals surface area (Å²) < 4.78 is 0. The number of hydrogen-bond acceptors (Lipinski definition) is 7. The van der Waals surface area contributed by atoms with Gasteiger partial charge in [-0.05, 0) is 25.7 Å². The molecule has 0 aromatic carbocycles. The average molecular weight is 469 g/mol. The van der Waals surface area contributed by atoms with E-state index in [1.807, 2.05) is 13.8 Å². The molecule has 33 heavy (non-hydrogen) atoms. The van der Waals surface area contributed by atoms with E-state index in [0.29, 0.717) is 12.1 Å². The van der Waals surface area contributed by atoms with Crippen molar-refractivity contribution < 1.29 is 34.2 Å². The summed E-state index contributed by atoms with van der Waals surface area (Å²) in [5.41, 5.74) is 6.31. The van der Waals surface area contributed by atoms with Gasteiger partial charge in [0.05, 0.1) is 12.4 Å².